The minimum absolute atomic E-state index is 0.742. The van der Waals surface area contributed by atoms with Crippen molar-refractivity contribution in [3.63, 3.8) is 0 Å². The molecule has 2 heteroatoms. The minimum Gasteiger partial charge on any atom is -0.494 e. The van der Waals surface area contributed by atoms with Gasteiger partial charge < -0.3 is 4.74 Å². The number of benzene rings is 1. The van der Waals surface area contributed by atoms with E-state index in [1.54, 1.807) is 0 Å². The van der Waals surface area contributed by atoms with Crippen molar-refractivity contribution < 1.29 is 4.74 Å². The van der Waals surface area contributed by atoms with E-state index in [2.05, 4.69) is 24.5 Å². The van der Waals surface area contributed by atoms with Gasteiger partial charge in [0, 0.05) is 0 Å². The predicted molar refractivity (Wildman–Crippen MR) is 59.7 cm³/mol. The molecule has 0 aliphatic rings. The van der Waals surface area contributed by atoms with E-state index < -0.39 is 0 Å². The summed E-state index contributed by atoms with van der Waals surface area (Å²) >= 11 is 1.87. The fraction of sp³-hybridized carbons (Fsp3) is 0.455. The van der Waals surface area contributed by atoms with E-state index in [9.17, 15) is 0 Å². The van der Waals surface area contributed by atoms with Gasteiger partial charge in [0.05, 0.1) is 6.61 Å². The second kappa shape index (κ2) is 5.92. The fourth-order valence-electron chi connectivity index (χ4n) is 1.18. The summed E-state index contributed by atoms with van der Waals surface area (Å²) in [5.74, 6) is 2.16. The quantitative estimate of drug-likeness (QED) is 0.716. The fourth-order valence-corrected chi connectivity index (χ4v) is 1.62. The maximum Gasteiger partial charge on any atom is 0.119 e. The number of rotatable bonds is 5. The lowest BCUT2D eigenvalue weighted by molar-refractivity contribution is 0.340. The van der Waals surface area contributed by atoms with E-state index in [0.717, 1.165) is 18.8 Å². The van der Waals surface area contributed by atoms with Gasteiger partial charge in [-0.3, -0.25) is 0 Å². The molecule has 1 aromatic rings. The molecule has 0 radical (unpaired) electrons. The van der Waals surface area contributed by atoms with Crippen LogP contribution in [0.25, 0.3) is 0 Å². The maximum absolute atomic E-state index is 5.42. The van der Waals surface area contributed by atoms with E-state index in [1.807, 2.05) is 24.8 Å². The van der Waals surface area contributed by atoms with Crippen LogP contribution < -0.4 is 4.74 Å². The van der Waals surface area contributed by atoms with E-state index in [4.69, 9.17) is 4.74 Å². The molecule has 0 aliphatic heterocycles. The molecule has 0 unspecified atom stereocenters. The van der Waals surface area contributed by atoms with Crippen LogP contribution in [0, 0.1) is 0 Å². The monoisotopic (exact) mass is 196 g/mol. The van der Waals surface area contributed by atoms with E-state index >= 15 is 0 Å². The number of hydrogen-bond donors (Lipinski definition) is 0. The van der Waals surface area contributed by atoms with Crippen molar-refractivity contribution >= 4 is 11.8 Å². The molecule has 72 valence electrons. The molecular weight excluding hydrogens is 180 g/mol. The zero-order valence-electron chi connectivity index (χ0n) is 8.25. The van der Waals surface area contributed by atoms with Gasteiger partial charge in [-0.15, -0.1) is 0 Å². The summed E-state index contributed by atoms with van der Waals surface area (Å²) in [5.41, 5.74) is 1.36. The van der Waals surface area contributed by atoms with Crippen molar-refractivity contribution in [2.24, 2.45) is 0 Å². The van der Waals surface area contributed by atoms with Crippen LogP contribution in [-0.4, -0.2) is 18.6 Å². The van der Waals surface area contributed by atoms with E-state index in [-0.39, 0.29) is 0 Å². The first kappa shape index (κ1) is 10.5. The van der Waals surface area contributed by atoms with Crippen molar-refractivity contribution in [2.75, 3.05) is 18.6 Å². The SMILES string of the molecule is CCOc1cccc(CCSC)c1. The van der Waals surface area contributed by atoms with Gasteiger partial charge in [0.25, 0.3) is 0 Å². The van der Waals surface area contributed by atoms with E-state index in [1.165, 1.54) is 11.3 Å². The Labute approximate surface area is 84.5 Å². The highest BCUT2D eigenvalue weighted by Crippen LogP contribution is 2.14. The number of hydrogen-bond acceptors (Lipinski definition) is 2. The molecule has 0 N–H and O–H groups in total. The summed E-state index contributed by atoms with van der Waals surface area (Å²) < 4.78 is 5.42. The van der Waals surface area contributed by atoms with Crippen LogP contribution >= 0.6 is 11.8 Å². The highest BCUT2D eigenvalue weighted by molar-refractivity contribution is 7.98. The standard InChI is InChI=1S/C11H16OS/c1-3-12-11-6-4-5-10(9-11)7-8-13-2/h4-6,9H,3,7-8H2,1-2H3. The summed E-state index contributed by atoms with van der Waals surface area (Å²) in [4.78, 5) is 0. The zero-order valence-corrected chi connectivity index (χ0v) is 9.06. The molecule has 0 saturated carbocycles. The Hall–Kier alpha value is -0.630. The average molecular weight is 196 g/mol. The van der Waals surface area contributed by atoms with Crippen LogP contribution in [0.3, 0.4) is 0 Å². The van der Waals surface area contributed by atoms with Crippen molar-refractivity contribution in [3.05, 3.63) is 29.8 Å². The van der Waals surface area contributed by atoms with E-state index in [0.29, 0.717) is 0 Å². The first-order valence-electron chi connectivity index (χ1n) is 4.57. The Morgan fingerprint density at radius 1 is 1.38 bits per heavy atom. The Bertz CT molecular complexity index is 248. The highest BCUT2D eigenvalue weighted by atomic mass is 32.2. The van der Waals surface area contributed by atoms with Crippen LogP contribution in [0.4, 0.5) is 0 Å². The summed E-state index contributed by atoms with van der Waals surface area (Å²) in [6, 6.07) is 8.34. The molecule has 0 atom stereocenters. The molecule has 13 heavy (non-hydrogen) atoms. The van der Waals surface area contributed by atoms with Gasteiger partial charge in [-0.05, 0) is 43.0 Å². The normalized spacial score (nSPS) is 10.0. The number of aryl methyl sites for hydroxylation is 1. The summed E-state index contributed by atoms with van der Waals surface area (Å²) in [5, 5.41) is 0. The molecular formula is C11H16OS. The van der Waals surface area contributed by atoms with Crippen LogP contribution in [0.15, 0.2) is 24.3 Å². The van der Waals surface area contributed by atoms with Crippen molar-refractivity contribution in [3.8, 4) is 5.75 Å². The molecule has 0 heterocycles. The zero-order chi connectivity index (χ0) is 9.52. The topological polar surface area (TPSA) is 9.23 Å². The molecule has 0 fully saturated rings. The van der Waals surface area contributed by atoms with Gasteiger partial charge in [-0.2, -0.15) is 11.8 Å². The van der Waals surface area contributed by atoms with Crippen LogP contribution in [-0.2, 0) is 6.42 Å². The van der Waals surface area contributed by atoms with Gasteiger partial charge in [0.2, 0.25) is 0 Å². The van der Waals surface area contributed by atoms with Crippen molar-refractivity contribution in [1.29, 1.82) is 0 Å². The molecule has 1 rings (SSSR count). The Morgan fingerprint density at radius 3 is 2.92 bits per heavy atom. The third-order valence-electron chi connectivity index (χ3n) is 1.80. The largest absolute Gasteiger partial charge is 0.494 e. The highest BCUT2D eigenvalue weighted by Gasteiger charge is 1.95. The molecule has 0 amide bonds. The second-order valence-corrected chi connectivity index (χ2v) is 3.81. The Kier molecular flexibility index (Phi) is 4.76. The smallest absolute Gasteiger partial charge is 0.119 e. The molecule has 0 bridgehead atoms. The minimum atomic E-state index is 0.742. The van der Waals surface area contributed by atoms with Crippen LogP contribution in [0.1, 0.15) is 12.5 Å². The third kappa shape index (κ3) is 3.73. The number of ether oxygens (including phenoxy) is 1. The second-order valence-electron chi connectivity index (χ2n) is 2.82. The average Bonchev–Trinajstić information content (AvgIpc) is 2.16. The molecule has 1 aromatic carbocycles. The first-order valence-corrected chi connectivity index (χ1v) is 5.97. The Morgan fingerprint density at radius 2 is 2.23 bits per heavy atom. The van der Waals surface area contributed by atoms with Gasteiger partial charge in [-0.25, -0.2) is 0 Å². The first-order chi connectivity index (χ1) is 6.36. The molecule has 0 saturated heterocycles. The lowest BCUT2D eigenvalue weighted by Crippen LogP contribution is -1.93. The third-order valence-corrected chi connectivity index (χ3v) is 2.42. The summed E-state index contributed by atoms with van der Waals surface area (Å²) in [7, 11) is 0. The van der Waals surface area contributed by atoms with Gasteiger partial charge in [-0.1, -0.05) is 12.1 Å². The van der Waals surface area contributed by atoms with Gasteiger partial charge >= 0.3 is 0 Å². The molecule has 0 spiro atoms. The van der Waals surface area contributed by atoms with Crippen LogP contribution in [0.2, 0.25) is 0 Å². The molecule has 0 aromatic heterocycles. The number of thioether (sulfide) groups is 1. The van der Waals surface area contributed by atoms with Gasteiger partial charge in [0.1, 0.15) is 5.75 Å². The Balaban J connectivity index is 2.56. The van der Waals surface area contributed by atoms with Crippen LogP contribution in [0.5, 0.6) is 5.75 Å². The lowest BCUT2D eigenvalue weighted by Gasteiger charge is -2.04. The molecule has 0 aliphatic carbocycles. The summed E-state index contributed by atoms with van der Waals surface area (Å²) in [6.07, 6.45) is 3.26. The van der Waals surface area contributed by atoms with Gasteiger partial charge in [0.15, 0.2) is 0 Å². The van der Waals surface area contributed by atoms with Crippen molar-refractivity contribution in [2.45, 2.75) is 13.3 Å². The lowest BCUT2D eigenvalue weighted by atomic mass is 10.2. The van der Waals surface area contributed by atoms with Crippen molar-refractivity contribution in [1.82, 2.24) is 0 Å². The predicted octanol–water partition coefficient (Wildman–Crippen LogP) is 2.99. The summed E-state index contributed by atoms with van der Waals surface area (Å²) in [6.45, 7) is 2.75. The maximum atomic E-state index is 5.42. The molecule has 1 nitrogen and oxygen atoms in total.